The summed E-state index contributed by atoms with van der Waals surface area (Å²) in [5.74, 6) is 2.19. The molecule has 0 radical (unpaired) electrons. The predicted octanol–water partition coefficient (Wildman–Crippen LogP) is 4.76. The molecule has 0 atom stereocenters. The van der Waals surface area contributed by atoms with Crippen molar-refractivity contribution in [3.05, 3.63) is 66.0 Å². The number of benzene rings is 1. The highest BCUT2D eigenvalue weighted by Crippen LogP contribution is 2.29. The van der Waals surface area contributed by atoms with E-state index < -0.39 is 0 Å². The molecule has 3 aromatic rings. The third kappa shape index (κ3) is 3.54. The second-order valence-corrected chi connectivity index (χ2v) is 5.69. The van der Waals surface area contributed by atoms with Crippen LogP contribution in [-0.2, 0) is 0 Å². The molecule has 0 saturated heterocycles. The molecule has 0 unspecified atom stereocenters. The second kappa shape index (κ2) is 6.57. The highest BCUT2D eigenvalue weighted by molar-refractivity contribution is 5.51. The van der Waals surface area contributed by atoms with Crippen molar-refractivity contribution in [3.8, 4) is 23.1 Å². The van der Waals surface area contributed by atoms with Gasteiger partial charge < -0.3 is 4.74 Å². The number of hydrogen-bond donors (Lipinski definition) is 0. The molecular weight excluding hydrogens is 286 g/mol. The van der Waals surface area contributed by atoms with Crippen molar-refractivity contribution in [2.75, 3.05) is 0 Å². The third-order valence-corrected chi connectivity index (χ3v) is 3.48. The van der Waals surface area contributed by atoms with Gasteiger partial charge in [0.05, 0.1) is 0 Å². The van der Waals surface area contributed by atoms with Gasteiger partial charge in [0, 0.05) is 17.5 Å². The predicted molar refractivity (Wildman–Crippen MR) is 90.6 cm³/mol. The molecule has 0 N–H and O–H groups in total. The number of hydrogen-bond acceptors (Lipinski definition) is 4. The second-order valence-electron chi connectivity index (χ2n) is 5.69. The van der Waals surface area contributed by atoms with Crippen molar-refractivity contribution in [2.24, 2.45) is 0 Å². The summed E-state index contributed by atoms with van der Waals surface area (Å²) in [6, 6.07) is 15.5. The quantitative estimate of drug-likeness (QED) is 0.697. The van der Waals surface area contributed by atoms with Gasteiger partial charge in [-0.1, -0.05) is 38.1 Å². The Morgan fingerprint density at radius 2 is 1.70 bits per heavy atom. The Labute approximate surface area is 136 Å². The zero-order valence-electron chi connectivity index (χ0n) is 13.5. The van der Waals surface area contributed by atoms with Gasteiger partial charge in [0.1, 0.15) is 11.4 Å². The Balaban J connectivity index is 2.03. The molecule has 0 spiro atoms. The van der Waals surface area contributed by atoms with Gasteiger partial charge in [0.15, 0.2) is 5.82 Å². The molecule has 1 aromatic carbocycles. The van der Waals surface area contributed by atoms with Gasteiger partial charge in [0.2, 0.25) is 5.88 Å². The molecule has 0 bridgehead atoms. The molecule has 2 aromatic heterocycles. The maximum absolute atomic E-state index is 5.98. The fourth-order valence-electron chi connectivity index (χ4n) is 2.24. The number of nitrogens with zero attached hydrogens (tertiary/aromatic N) is 3. The summed E-state index contributed by atoms with van der Waals surface area (Å²) in [5, 5.41) is 0. The van der Waals surface area contributed by atoms with Crippen LogP contribution >= 0.6 is 0 Å². The van der Waals surface area contributed by atoms with Crippen LogP contribution in [0.5, 0.6) is 11.6 Å². The van der Waals surface area contributed by atoms with Crippen molar-refractivity contribution in [3.63, 3.8) is 0 Å². The van der Waals surface area contributed by atoms with Gasteiger partial charge in [-0.15, -0.1) is 0 Å². The lowest BCUT2D eigenvalue weighted by atomic mass is 10.1. The minimum Gasteiger partial charge on any atom is -0.439 e. The average Bonchev–Trinajstić information content (AvgIpc) is 2.55. The SMILES string of the molecule is Cc1cccc(-c2ncc(C(C)C)c(Oc3ccccc3)n2)n1. The van der Waals surface area contributed by atoms with E-state index in [1.165, 1.54) is 0 Å². The van der Waals surface area contributed by atoms with Crippen molar-refractivity contribution >= 4 is 0 Å². The van der Waals surface area contributed by atoms with Crippen LogP contribution < -0.4 is 4.74 Å². The fraction of sp³-hybridized carbons (Fsp3) is 0.211. The first-order valence-corrected chi connectivity index (χ1v) is 7.67. The summed E-state index contributed by atoms with van der Waals surface area (Å²) in [5.41, 5.74) is 2.66. The summed E-state index contributed by atoms with van der Waals surface area (Å²) in [6.45, 7) is 6.15. The van der Waals surface area contributed by atoms with E-state index in [-0.39, 0.29) is 5.92 Å². The number of para-hydroxylation sites is 1. The van der Waals surface area contributed by atoms with Crippen LogP contribution in [0, 0.1) is 6.92 Å². The number of rotatable bonds is 4. The average molecular weight is 305 g/mol. The van der Waals surface area contributed by atoms with E-state index in [0.29, 0.717) is 11.7 Å². The molecule has 0 fully saturated rings. The molecule has 3 rings (SSSR count). The van der Waals surface area contributed by atoms with E-state index >= 15 is 0 Å². The molecular formula is C19H19N3O. The standard InChI is InChI=1S/C19H19N3O/c1-13(2)16-12-20-18(17-11-7-8-14(3)21-17)22-19(16)23-15-9-5-4-6-10-15/h4-13H,1-3H3. The van der Waals surface area contributed by atoms with Gasteiger partial charge in [-0.3, -0.25) is 0 Å². The number of aryl methyl sites for hydroxylation is 1. The van der Waals surface area contributed by atoms with Gasteiger partial charge in [-0.05, 0) is 37.1 Å². The topological polar surface area (TPSA) is 47.9 Å². The smallest absolute Gasteiger partial charge is 0.226 e. The van der Waals surface area contributed by atoms with Crippen molar-refractivity contribution in [1.29, 1.82) is 0 Å². The monoisotopic (exact) mass is 305 g/mol. The van der Waals surface area contributed by atoms with E-state index in [1.54, 1.807) is 0 Å². The normalized spacial score (nSPS) is 10.8. The molecule has 0 saturated carbocycles. The van der Waals surface area contributed by atoms with Crippen LogP contribution in [0.15, 0.2) is 54.7 Å². The number of aromatic nitrogens is 3. The molecule has 0 aliphatic rings. The molecule has 4 heteroatoms. The molecule has 2 heterocycles. The molecule has 0 amide bonds. The Morgan fingerprint density at radius 3 is 2.39 bits per heavy atom. The third-order valence-electron chi connectivity index (χ3n) is 3.48. The molecule has 0 aliphatic heterocycles. The van der Waals surface area contributed by atoms with Gasteiger partial charge in [0.25, 0.3) is 0 Å². The maximum Gasteiger partial charge on any atom is 0.226 e. The van der Waals surface area contributed by atoms with E-state index in [1.807, 2.05) is 61.7 Å². The molecule has 116 valence electrons. The minimum atomic E-state index is 0.272. The molecule has 23 heavy (non-hydrogen) atoms. The van der Waals surface area contributed by atoms with Crippen molar-refractivity contribution in [1.82, 2.24) is 15.0 Å². The Morgan fingerprint density at radius 1 is 0.913 bits per heavy atom. The zero-order valence-corrected chi connectivity index (χ0v) is 13.5. The lowest BCUT2D eigenvalue weighted by molar-refractivity contribution is 0.452. The highest BCUT2D eigenvalue weighted by Gasteiger charge is 2.14. The van der Waals surface area contributed by atoms with E-state index in [4.69, 9.17) is 4.74 Å². The first kappa shape index (κ1) is 15.2. The van der Waals surface area contributed by atoms with Crippen molar-refractivity contribution < 1.29 is 4.74 Å². The number of pyridine rings is 1. The Hall–Kier alpha value is -2.75. The van der Waals surface area contributed by atoms with Crippen LogP contribution in [0.2, 0.25) is 0 Å². The van der Waals surface area contributed by atoms with Gasteiger partial charge in [-0.2, -0.15) is 4.98 Å². The van der Waals surface area contributed by atoms with Crippen LogP contribution in [0.25, 0.3) is 11.5 Å². The summed E-state index contributed by atoms with van der Waals surface area (Å²) in [4.78, 5) is 13.6. The van der Waals surface area contributed by atoms with Gasteiger partial charge >= 0.3 is 0 Å². The van der Waals surface area contributed by atoms with Crippen LogP contribution in [0.3, 0.4) is 0 Å². The summed E-state index contributed by atoms with van der Waals surface area (Å²) in [6.07, 6.45) is 1.83. The van der Waals surface area contributed by atoms with Gasteiger partial charge in [-0.25, -0.2) is 9.97 Å². The summed E-state index contributed by atoms with van der Waals surface area (Å²) < 4.78 is 5.98. The Kier molecular flexibility index (Phi) is 4.33. The van der Waals surface area contributed by atoms with Crippen LogP contribution in [0.4, 0.5) is 0 Å². The summed E-state index contributed by atoms with van der Waals surface area (Å²) in [7, 11) is 0. The maximum atomic E-state index is 5.98. The highest BCUT2D eigenvalue weighted by atomic mass is 16.5. The lowest BCUT2D eigenvalue weighted by Crippen LogP contribution is -2.01. The minimum absolute atomic E-state index is 0.272. The molecule has 4 nitrogen and oxygen atoms in total. The van der Waals surface area contributed by atoms with E-state index in [0.717, 1.165) is 22.7 Å². The fourth-order valence-corrected chi connectivity index (χ4v) is 2.24. The molecule has 0 aliphatic carbocycles. The zero-order chi connectivity index (χ0) is 16.2. The first-order chi connectivity index (χ1) is 11.1. The Bertz CT molecular complexity index is 801. The van der Waals surface area contributed by atoms with Crippen LogP contribution in [-0.4, -0.2) is 15.0 Å². The van der Waals surface area contributed by atoms with E-state index in [2.05, 4.69) is 28.8 Å². The lowest BCUT2D eigenvalue weighted by Gasteiger charge is -2.13. The first-order valence-electron chi connectivity index (χ1n) is 7.67. The number of ether oxygens (including phenoxy) is 1. The van der Waals surface area contributed by atoms with Crippen molar-refractivity contribution in [2.45, 2.75) is 26.7 Å². The summed E-state index contributed by atoms with van der Waals surface area (Å²) >= 11 is 0. The largest absolute Gasteiger partial charge is 0.439 e. The van der Waals surface area contributed by atoms with Crippen LogP contribution in [0.1, 0.15) is 31.0 Å². The van der Waals surface area contributed by atoms with E-state index in [9.17, 15) is 0 Å².